The number of ether oxygens (including phenoxy) is 2. The molecule has 0 fully saturated rings. The third-order valence-electron chi connectivity index (χ3n) is 1.85. The van der Waals surface area contributed by atoms with Gasteiger partial charge in [-0.2, -0.15) is 0 Å². The first kappa shape index (κ1) is 12.7. The minimum absolute atomic E-state index is 0.351. The van der Waals surface area contributed by atoms with Crippen LogP contribution >= 0.6 is 0 Å². The highest BCUT2D eigenvalue weighted by Crippen LogP contribution is 2.27. The van der Waals surface area contributed by atoms with E-state index in [9.17, 15) is 12.9 Å². The molecule has 2 nitrogen and oxygen atoms in total. The summed E-state index contributed by atoms with van der Waals surface area (Å²) in [6.07, 6.45) is -0.902. The zero-order chi connectivity index (χ0) is 12.0. The summed E-state index contributed by atoms with van der Waals surface area (Å²) in [6.45, 7) is -2.91. The molecular formula is C10H13BF3O2-. The van der Waals surface area contributed by atoms with Crippen LogP contribution in [-0.2, 0) is 0 Å². The molecule has 0 atom stereocenters. The molecule has 0 aliphatic rings. The summed E-state index contributed by atoms with van der Waals surface area (Å²) in [6, 6.07) is 6.69. The van der Waals surface area contributed by atoms with Gasteiger partial charge in [0.05, 0.1) is 13.2 Å². The predicted octanol–water partition coefficient (Wildman–Crippen LogP) is 3.31. The summed E-state index contributed by atoms with van der Waals surface area (Å²) >= 11 is 0. The molecule has 0 heterocycles. The van der Waals surface area contributed by atoms with Crippen LogP contribution in [0, 0.1) is 0 Å². The maximum atomic E-state index is 12.0. The van der Waals surface area contributed by atoms with Crippen LogP contribution in [-0.4, -0.2) is 20.2 Å². The third-order valence-corrected chi connectivity index (χ3v) is 1.85. The maximum absolute atomic E-state index is 12.0. The molecule has 1 aromatic rings. The van der Waals surface area contributed by atoms with Crippen molar-refractivity contribution in [3.05, 3.63) is 24.3 Å². The molecule has 1 rings (SSSR count). The van der Waals surface area contributed by atoms with Crippen molar-refractivity contribution in [2.45, 2.75) is 13.2 Å². The Labute approximate surface area is 92.4 Å². The van der Waals surface area contributed by atoms with Gasteiger partial charge in [0.15, 0.2) is 11.5 Å². The van der Waals surface area contributed by atoms with Crippen molar-refractivity contribution in [1.29, 1.82) is 0 Å². The van der Waals surface area contributed by atoms with Crippen LogP contribution in [0.3, 0.4) is 0 Å². The van der Waals surface area contributed by atoms with Crippen molar-refractivity contribution in [2.75, 3.05) is 13.2 Å². The monoisotopic (exact) mass is 233 g/mol. The first-order valence-corrected chi connectivity index (χ1v) is 5.08. The van der Waals surface area contributed by atoms with Crippen LogP contribution in [0.15, 0.2) is 24.3 Å². The van der Waals surface area contributed by atoms with E-state index in [1.165, 1.54) is 0 Å². The lowest BCUT2D eigenvalue weighted by Gasteiger charge is -2.15. The van der Waals surface area contributed by atoms with E-state index in [0.717, 1.165) is 0 Å². The Balaban J connectivity index is 2.52. The van der Waals surface area contributed by atoms with E-state index in [4.69, 9.17) is 9.47 Å². The van der Waals surface area contributed by atoms with E-state index in [0.29, 0.717) is 18.1 Å². The molecule has 0 radical (unpaired) electrons. The minimum Gasteiger partial charge on any atom is -0.493 e. The van der Waals surface area contributed by atoms with Crippen LogP contribution in [0.25, 0.3) is 0 Å². The molecule has 0 aromatic heterocycles. The summed E-state index contributed by atoms with van der Waals surface area (Å²) in [5.41, 5.74) is 0. The van der Waals surface area contributed by atoms with Crippen molar-refractivity contribution in [3.8, 4) is 11.5 Å². The Morgan fingerprint density at radius 1 is 1.06 bits per heavy atom. The molecule has 0 N–H and O–H groups in total. The number of hydrogen-bond donors (Lipinski definition) is 0. The molecular weight excluding hydrogens is 220 g/mol. The molecule has 6 heteroatoms. The molecule has 0 bridgehead atoms. The van der Waals surface area contributed by atoms with Gasteiger partial charge in [0.2, 0.25) is 0 Å². The lowest BCUT2D eigenvalue weighted by atomic mass is 9.87. The van der Waals surface area contributed by atoms with Gasteiger partial charge in [0, 0.05) is 0 Å². The van der Waals surface area contributed by atoms with E-state index in [-0.39, 0.29) is 6.61 Å². The highest BCUT2D eigenvalue weighted by molar-refractivity contribution is 6.58. The zero-order valence-corrected chi connectivity index (χ0v) is 8.96. The van der Waals surface area contributed by atoms with Gasteiger partial charge in [-0.05, 0) is 19.1 Å². The Bertz CT molecular complexity index is 328. The standard InChI is InChI=1S/C10H13BF3O2/c1-2-15-9-5-3-4-6-10(9)16-8-7-11(12,13)14/h3-6H,2,7-8H2,1H3/q-1. The number of para-hydroxylation sites is 2. The normalized spacial score (nSPS) is 11.2. The SMILES string of the molecule is CCOc1ccccc1OCC[B-](F)(F)F. The van der Waals surface area contributed by atoms with Crippen LogP contribution in [0.5, 0.6) is 11.5 Å². The van der Waals surface area contributed by atoms with E-state index < -0.39 is 13.3 Å². The number of halogens is 3. The summed E-state index contributed by atoms with van der Waals surface area (Å²) in [4.78, 5) is 0. The summed E-state index contributed by atoms with van der Waals surface area (Å²) in [7, 11) is 0. The zero-order valence-electron chi connectivity index (χ0n) is 8.96. The van der Waals surface area contributed by atoms with Gasteiger partial charge in [-0.15, -0.1) is 0 Å². The van der Waals surface area contributed by atoms with Gasteiger partial charge in [0.1, 0.15) is 0 Å². The molecule has 16 heavy (non-hydrogen) atoms. The van der Waals surface area contributed by atoms with E-state index >= 15 is 0 Å². The van der Waals surface area contributed by atoms with Crippen LogP contribution in [0.4, 0.5) is 12.9 Å². The lowest BCUT2D eigenvalue weighted by Crippen LogP contribution is -2.18. The third kappa shape index (κ3) is 4.46. The predicted molar refractivity (Wildman–Crippen MR) is 57.0 cm³/mol. The quantitative estimate of drug-likeness (QED) is 0.701. The topological polar surface area (TPSA) is 18.5 Å². The Morgan fingerprint density at radius 2 is 1.62 bits per heavy atom. The second kappa shape index (κ2) is 5.68. The highest BCUT2D eigenvalue weighted by atomic mass is 19.4. The molecule has 0 unspecified atom stereocenters. The largest absolute Gasteiger partial charge is 0.493 e. The fourth-order valence-corrected chi connectivity index (χ4v) is 1.15. The number of rotatable bonds is 6. The van der Waals surface area contributed by atoms with Crippen molar-refractivity contribution in [1.82, 2.24) is 0 Å². The Kier molecular flexibility index (Phi) is 4.52. The first-order valence-electron chi connectivity index (χ1n) is 5.08. The molecule has 0 saturated heterocycles. The molecule has 0 saturated carbocycles. The second-order valence-electron chi connectivity index (χ2n) is 3.23. The Hall–Kier alpha value is -1.33. The van der Waals surface area contributed by atoms with Gasteiger partial charge >= 0.3 is 6.98 Å². The first-order chi connectivity index (χ1) is 7.53. The molecule has 0 aliphatic heterocycles. The fraction of sp³-hybridized carbons (Fsp3) is 0.400. The maximum Gasteiger partial charge on any atom is 0.481 e. The van der Waals surface area contributed by atoms with Crippen molar-refractivity contribution in [2.24, 2.45) is 0 Å². The van der Waals surface area contributed by atoms with Crippen LogP contribution in [0.1, 0.15) is 6.92 Å². The molecule has 0 amide bonds. The van der Waals surface area contributed by atoms with Crippen molar-refractivity contribution < 1.29 is 22.4 Å². The number of benzene rings is 1. The van der Waals surface area contributed by atoms with Gasteiger partial charge in [-0.3, -0.25) is 0 Å². The summed E-state index contributed by atoms with van der Waals surface area (Å²) in [5.74, 6) is 0.823. The van der Waals surface area contributed by atoms with E-state index in [2.05, 4.69) is 0 Å². The summed E-state index contributed by atoms with van der Waals surface area (Å²) < 4.78 is 46.1. The van der Waals surface area contributed by atoms with Gasteiger partial charge < -0.3 is 22.4 Å². The van der Waals surface area contributed by atoms with E-state index in [1.54, 1.807) is 31.2 Å². The van der Waals surface area contributed by atoms with Crippen molar-refractivity contribution in [3.63, 3.8) is 0 Å². The average molecular weight is 233 g/mol. The minimum atomic E-state index is -4.79. The van der Waals surface area contributed by atoms with Crippen molar-refractivity contribution >= 4 is 6.98 Å². The number of hydrogen-bond acceptors (Lipinski definition) is 2. The Morgan fingerprint density at radius 3 is 2.12 bits per heavy atom. The molecule has 90 valence electrons. The molecule has 0 aliphatic carbocycles. The van der Waals surface area contributed by atoms with Gasteiger partial charge in [-0.1, -0.05) is 18.5 Å². The smallest absolute Gasteiger partial charge is 0.481 e. The summed E-state index contributed by atoms with van der Waals surface area (Å²) in [5, 5.41) is 0. The van der Waals surface area contributed by atoms with E-state index in [1.807, 2.05) is 0 Å². The van der Waals surface area contributed by atoms with Crippen LogP contribution < -0.4 is 9.47 Å². The lowest BCUT2D eigenvalue weighted by molar-refractivity contribution is 0.280. The molecule has 0 spiro atoms. The average Bonchev–Trinajstić information content (AvgIpc) is 2.19. The molecule has 1 aromatic carbocycles. The van der Waals surface area contributed by atoms with Gasteiger partial charge in [0.25, 0.3) is 0 Å². The van der Waals surface area contributed by atoms with Crippen LogP contribution in [0.2, 0.25) is 6.32 Å². The second-order valence-corrected chi connectivity index (χ2v) is 3.23. The van der Waals surface area contributed by atoms with Gasteiger partial charge in [-0.25, -0.2) is 0 Å². The highest BCUT2D eigenvalue weighted by Gasteiger charge is 2.22. The fourth-order valence-electron chi connectivity index (χ4n) is 1.15.